The van der Waals surface area contributed by atoms with Crippen molar-refractivity contribution in [3.63, 3.8) is 0 Å². The first-order chi connectivity index (χ1) is 17.9. The molecule has 2 aromatic heterocycles. The summed E-state index contributed by atoms with van der Waals surface area (Å²) in [6.45, 7) is 9.09. The minimum Gasteiger partial charge on any atom is -0.493 e. The number of hydrogen-bond donors (Lipinski definition) is 1. The number of amides is 1. The molecule has 0 saturated carbocycles. The molecule has 0 bridgehead atoms. The number of piperidine rings is 1. The van der Waals surface area contributed by atoms with Gasteiger partial charge >= 0.3 is 0 Å². The summed E-state index contributed by atoms with van der Waals surface area (Å²) in [7, 11) is 0. The molecule has 1 aromatic carbocycles. The van der Waals surface area contributed by atoms with Gasteiger partial charge in [-0.1, -0.05) is 25.7 Å². The van der Waals surface area contributed by atoms with Gasteiger partial charge < -0.3 is 15.4 Å². The Kier molecular flexibility index (Phi) is 6.78. The number of likely N-dealkylation sites (tertiary alicyclic amines) is 1. The number of hydrogen-bond acceptors (Lipinski definition) is 6. The van der Waals surface area contributed by atoms with Crippen LogP contribution in [0.25, 0.3) is 22.3 Å². The molecule has 192 valence electrons. The van der Waals surface area contributed by atoms with Crippen LogP contribution in [0, 0.1) is 18.8 Å². The minimum atomic E-state index is -0.207. The van der Waals surface area contributed by atoms with E-state index in [9.17, 15) is 9.18 Å². The SMILES string of the molecule is C=CC(=O)N1CCC[C@@H](n2nc(-c3ccc(OCC4C=CC=C(F)C4C)cc3C)c3c(N)ncnc32)C1. The Morgan fingerprint density at radius 1 is 1.35 bits per heavy atom. The molecule has 1 aliphatic carbocycles. The van der Waals surface area contributed by atoms with Crippen molar-refractivity contribution in [3.8, 4) is 17.0 Å². The summed E-state index contributed by atoms with van der Waals surface area (Å²) in [6, 6.07) is 5.76. The molecule has 9 heteroatoms. The zero-order chi connectivity index (χ0) is 26.1. The number of halogens is 1. The maximum absolute atomic E-state index is 13.9. The third-order valence-corrected chi connectivity index (χ3v) is 7.33. The number of nitrogen functional groups attached to an aromatic ring is 1. The van der Waals surface area contributed by atoms with Crippen LogP contribution in [-0.2, 0) is 4.79 Å². The summed E-state index contributed by atoms with van der Waals surface area (Å²) >= 11 is 0. The molecule has 8 nitrogen and oxygen atoms in total. The quantitative estimate of drug-likeness (QED) is 0.487. The van der Waals surface area contributed by atoms with Gasteiger partial charge in [0.05, 0.1) is 18.0 Å². The van der Waals surface area contributed by atoms with Crippen LogP contribution in [0.3, 0.4) is 0 Å². The Labute approximate surface area is 215 Å². The highest BCUT2D eigenvalue weighted by atomic mass is 19.1. The number of carbonyl (C=O) groups is 1. The molecule has 0 radical (unpaired) electrons. The summed E-state index contributed by atoms with van der Waals surface area (Å²) in [5, 5.41) is 5.65. The predicted octanol–water partition coefficient (Wildman–Crippen LogP) is 4.79. The highest BCUT2D eigenvalue weighted by Gasteiger charge is 2.28. The largest absolute Gasteiger partial charge is 0.493 e. The lowest BCUT2D eigenvalue weighted by molar-refractivity contribution is -0.127. The van der Waals surface area contributed by atoms with E-state index in [1.54, 1.807) is 11.0 Å². The molecule has 2 unspecified atom stereocenters. The number of fused-ring (bicyclic) bond motifs is 1. The summed E-state index contributed by atoms with van der Waals surface area (Å²) in [6.07, 6.45) is 9.74. The zero-order valence-corrected chi connectivity index (χ0v) is 21.1. The fraction of sp³-hybridized carbons (Fsp3) is 0.357. The zero-order valence-electron chi connectivity index (χ0n) is 21.1. The number of anilines is 1. The molecule has 1 fully saturated rings. The van der Waals surface area contributed by atoms with Crippen LogP contribution in [0.5, 0.6) is 5.75 Å². The maximum Gasteiger partial charge on any atom is 0.246 e. The van der Waals surface area contributed by atoms with Crippen LogP contribution in [0.4, 0.5) is 10.2 Å². The molecule has 3 heterocycles. The molecule has 1 saturated heterocycles. The van der Waals surface area contributed by atoms with Gasteiger partial charge in [0.25, 0.3) is 0 Å². The van der Waals surface area contributed by atoms with E-state index in [1.165, 1.54) is 18.5 Å². The number of nitrogens with two attached hydrogens (primary N) is 1. The third-order valence-electron chi connectivity index (χ3n) is 7.33. The highest BCUT2D eigenvalue weighted by Crippen LogP contribution is 2.36. The van der Waals surface area contributed by atoms with E-state index in [1.807, 2.05) is 42.8 Å². The summed E-state index contributed by atoms with van der Waals surface area (Å²) < 4.78 is 21.8. The van der Waals surface area contributed by atoms with Crippen molar-refractivity contribution in [3.05, 3.63) is 66.8 Å². The second-order valence-corrected chi connectivity index (χ2v) is 9.71. The standard InChI is InChI=1S/C28H31FN6O2/c1-4-24(36)34-12-6-8-20(14-34)35-28-25(27(30)31-16-32-28)26(33-35)22-11-10-21(13-17(22)2)37-15-19-7-5-9-23(29)18(19)3/h4-5,7,9-11,13,16,18-20H,1,6,8,12,14-15H2,2-3H3,(H2,30,31,32)/t18?,19?,20-/m1/s1. The normalized spacial score (nSPS) is 21.6. The molecule has 3 aromatic rings. The van der Waals surface area contributed by atoms with E-state index in [-0.39, 0.29) is 29.6 Å². The van der Waals surface area contributed by atoms with Crippen LogP contribution < -0.4 is 10.5 Å². The minimum absolute atomic E-state index is 0.0235. The first-order valence-electron chi connectivity index (χ1n) is 12.5. The van der Waals surface area contributed by atoms with Gasteiger partial charge in [-0.2, -0.15) is 5.10 Å². The Morgan fingerprint density at radius 3 is 2.97 bits per heavy atom. The van der Waals surface area contributed by atoms with Gasteiger partial charge in [-0.05, 0) is 55.7 Å². The molecule has 37 heavy (non-hydrogen) atoms. The maximum atomic E-state index is 13.9. The van der Waals surface area contributed by atoms with Gasteiger partial charge in [-0.25, -0.2) is 19.0 Å². The predicted molar refractivity (Wildman–Crippen MR) is 141 cm³/mol. The lowest BCUT2D eigenvalue weighted by Gasteiger charge is -2.32. The van der Waals surface area contributed by atoms with Gasteiger partial charge in [0.15, 0.2) is 5.65 Å². The number of ether oxygens (including phenoxy) is 1. The fourth-order valence-corrected chi connectivity index (χ4v) is 5.12. The summed E-state index contributed by atoms with van der Waals surface area (Å²) in [4.78, 5) is 22.8. The number of aromatic nitrogens is 4. The average Bonchev–Trinajstić information content (AvgIpc) is 3.30. The number of nitrogens with zero attached hydrogens (tertiary/aromatic N) is 5. The fourth-order valence-electron chi connectivity index (χ4n) is 5.12. The van der Waals surface area contributed by atoms with E-state index in [0.717, 1.165) is 24.0 Å². The molecule has 2 aliphatic rings. The second kappa shape index (κ2) is 10.2. The summed E-state index contributed by atoms with van der Waals surface area (Å²) in [5.41, 5.74) is 9.51. The first kappa shape index (κ1) is 24.7. The first-order valence-corrected chi connectivity index (χ1v) is 12.5. The van der Waals surface area contributed by atoms with Gasteiger partial charge in [0, 0.05) is 30.5 Å². The number of rotatable bonds is 6. The molecule has 1 amide bonds. The van der Waals surface area contributed by atoms with E-state index in [0.29, 0.717) is 48.0 Å². The van der Waals surface area contributed by atoms with Crippen LogP contribution in [0.2, 0.25) is 0 Å². The number of aryl methyl sites for hydroxylation is 1. The summed E-state index contributed by atoms with van der Waals surface area (Å²) in [5.74, 6) is 0.619. The smallest absolute Gasteiger partial charge is 0.246 e. The third kappa shape index (κ3) is 4.73. The van der Waals surface area contributed by atoms with Gasteiger partial charge in [0.1, 0.15) is 29.4 Å². The second-order valence-electron chi connectivity index (χ2n) is 9.71. The number of carbonyl (C=O) groups excluding carboxylic acids is 1. The Balaban J connectivity index is 1.44. The van der Waals surface area contributed by atoms with E-state index < -0.39 is 0 Å². The molecule has 1 aliphatic heterocycles. The van der Waals surface area contributed by atoms with Gasteiger partial charge in [0.2, 0.25) is 5.91 Å². The monoisotopic (exact) mass is 502 g/mol. The lowest BCUT2D eigenvalue weighted by atomic mass is 9.90. The van der Waals surface area contributed by atoms with Crippen molar-refractivity contribution in [1.29, 1.82) is 0 Å². The Bertz CT molecular complexity index is 1410. The molecular formula is C28H31FN6O2. The van der Waals surface area contributed by atoms with Crippen LogP contribution >= 0.6 is 0 Å². The van der Waals surface area contributed by atoms with Crippen molar-refractivity contribution in [2.75, 3.05) is 25.4 Å². The van der Waals surface area contributed by atoms with Crippen LogP contribution in [-0.4, -0.2) is 50.3 Å². The molecule has 5 rings (SSSR count). The lowest BCUT2D eigenvalue weighted by Crippen LogP contribution is -2.40. The van der Waals surface area contributed by atoms with Crippen molar-refractivity contribution < 1.29 is 13.9 Å². The molecular weight excluding hydrogens is 471 g/mol. The molecule has 2 N–H and O–H groups in total. The number of benzene rings is 1. The Hall–Kier alpha value is -4.01. The average molecular weight is 503 g/mol. The van der Waals surface area contributed by atoms with Crippen molar-refractivity contribution in [2.24, 2.45) is 11.8 Å². The highest BCUT2D eigenvalue weighted by molar-refractivity contribution is 5.99. The van der Waals surface area contributed by atoms with Gasteiger partial charge in [-0.15, -0.1) is 0 Å². The Morgan fingerprint density at radius 2 is 2.19 bits per heavy atom. The van der Waals surface area contributed by atoms with Crippen LogP contribution in [0.15, 0.2) is 61.2 Å². The van der Waals surface area contributed by atoms with Crippen molar-refractivity contribution in [1.82, 2.24) is 24.6 Å². The van der Waals surface area contributed by atoms with Gasteiger partial charge in [-0.3, -0.25) is 4.79 Å². The molecule has 3 atom stereocenters. The van der Waals surface area contributed by atoms with Crippen LogP contribution in [0.1, 0.15) is 31.4 Å². The van der Waals surface area contributed by atoms with E-state index in [2.05, 4.69) is 16.5 Å². The topological polar surface area (TPSA) is 99.2 Å². The number of allylic oxidation sites excluding steroid dienone is 3. The molecule has 0 spiro atoms. The van der Waals surface area contributed by atoms with Crippen molar-refractivity contribution >= 4 is 22.8 Å². The van der Waals surface area contributed by atoms with Crippen molar-refractivity contribution in [2.45, 2.75) is 32.7 Å². The van der Waals surface area contributed by atoms with E-state index in [4.69, 9.17) is 15.6 Å². The van der Waals surface area contributed by atoms with E-state index >= 15 is 0 Å².